The number of rotatable bonds is 1. The first-order valence-electron chi connectivity index (χ1n) is 6.04. The molecule has 2 N–H and O–H groups in total. The van der Waals surface area contributed by atoms with Crippen molar-refractivity contribution in [1.82, 2.24) is 4.98 Å². The number of nitrogens with zero attached hydrogens (tertiary/aromatic N) is 2. The second kappa shape index (κ2) is 4.63. The van der Waals surface area contributed by atoms with E-state index in [0.717, 1.165) is 5.56 Å². The van der Waals surface area contributed by atoms with E-state index in [-0.39, 0.29) is 5.56 Å². The van der Waals surface area contributed by atoms with Gasteiger partial charge in [-0.15, -0.1) is 0 Å². The molecule has 3 nitrogen and oxygen atoms in total. The van der Waals surface area contributed by atoms with E-state index < -0.39 is 5.82 Å². The molecule has 3 aromatic rings. The highest BCUT2D eigenvalue weighted by molar-refractivity contribution is 5.88. The normalized spacial score (nSPS) is 10.4. The third-order valence-electron chi connectivity index (χ3n) is 3.10. The molecule has 0 atom stereocenters. The van der Waals surface area contributed by atoms with E-state index in [1.165, 1.54) is 12.1 Å². The standard InChI is InChI=1S/C16H10FN3/c17-13-6-11-7-14(19)16(10-4-2-1-3-5-10)20-15(11)8-12(13)9-18/h1-8H,19H2. The predicted molar refractivity (Wildman–Crippen MR) is 76.3 cm³/mol. The summed E-state index contributed by atoms with van der Waals surface area (Å²) in [5.41, 5.74) is 8.52. The zero-order valence-corrected chi connectivity index (χ0v) is 10.5. The molecule has 0 amide bonds. The van der Waals surface area contributed by atoms with Crippen LogP contribution in [0.2, 0.25) is 0 Å². The number of nitrogen functional groups attached to an aromatic ring is 1. The zero-order chi connectivity index (χ0) is 14.1. The van der Waals surface area contributed by atoms with Gasteiger partial charge in [-0.1, -0.05) is 30.3 Å². The van der Waals surface area contributed by atoms with Crippen molar-refractivity contribution in [3.63, 3.8) is 0 Å². The molecule has 0 spiro atoms. The minimum atomic E-state index is -0.561. The van der Waals surface area contributed by atoms with E-state index in [1.807, 2.05) is 36.4 Å². The summed E-state index contributed by atoms with van der Waals surface area (Å²) in [5.74, 6) is -0.561. The maximum Gasteiger partial charge on any atom is 0.141 e. The molecular weight excluding hydrogens is 253 g/mol. The molecule has 0 aliphatic carbocycles. The maximum absolute atomic E-state index is 13.6. The van der Waals surface area contributed by atoms with Crippen LogP contribution >= 0.6 is 0 Å². The monoisotopic (exact) mass is 263 g/mol. The number of anilines is 1. The molecule has 0 aliphatic rings. The number of aromatic nitrogens is 1. The van der Waals surface area contributed by atoms with Crippen LogP contribution in [0.25, 0.3) is 22.2 Å². The Balaban J connectivity index is 2.28. The number of nitriles is 1. The zero-order valence-electron chi connectivity index (χ0n) is 10.5. The van der Waals surface area contributed by atoms with Crippen LogP contribution in [-0.4, -0.2) is 4.98 Å². The number of fused-ring (bicyclic) bond motifs is 1. The van der Waals surface area contributed by atoms with Crippen molar-refractivity contribution in [2.45, 2.75) is 0 Å². The first-order chi connectivity index (χ1) is 9.69. The lowest BCUT2D eigenvalue weighted by molar-refractivity contribution is 0.626. The van der Waals surface area contributed by atoms with E-state index in [4.69, 9.17) is 11.0 Å². The Bertz CT molecular complexity index is 836. The van der Waals surface area contributed by atoms with Gasteiger partial charge in [-0.2, -0.15) is 5.26 Å². The van der Waals surface area contributed by atoms with Crippen LogP contribution in [0.4, 0.5) is 10.1 Å². The Morgan fingerprint density at radius 3 is 2.55 bits per heavy atom. The van der Waals surface area contributed by atoms with Gasteiger partial charge < -0.3 is 5.73 Å². The van der Waals surface area contributed by atoms with E-state index >= 15 is 0 Å². The van der Waals surface area contributed by atoms with Gasteiger partial charge in [0.15, 0.2) is 0 Å². The number of nitrogens with two attached hydrogens (primary N) is 1. The molecule has 0 bridgehead atoms. The second-order valence-electron chi connectivity index (χ2n) is 4.43. The average molecular weight is 263 g/mol. The summed E-state index contributed by atoms with van der Waals surface area (Å²) in [6, 6.07) is 15.7. The number of pyridine rings is 1. The molecule has 96 valence electrons. The van der Waals surface area contributed by atoms with Crippen LogP contribution < -0.4 is 5.73 Å². The smallest absolute Gasteiger partial charge is 0.141 e. The fraction of sp³-hybridized carbons (Fsp3) is 0. The fourth-order valence-electron chi connectivity index (χ4n) is 2.12. The van der Waals surface area contributed by atoms with Crippen LogP contribution in [0.5, 0.6) is 0 Å². The third kappa shape index (κ3) is 1.95. The molecule has 20 heavy (non-hydrogen) atoms. The fourth-order valence-corrected chi connectivity index (χ4v) is 2.12. The van der Waals surface area contributed by atoms with Gasteiger partial charge in [-0.25, -0.2) is 9.37 Å². The largest absolute Gasteiger partial charge is 0.397 e. The van der Waals surface area contributed by atoms with Gasteiger partial charge in [0.2, 0.25) is 0 Å². The van der Waals surface area contributed by atoms with Gasteiger partial charge >= 0.3 is 0 Å². The highest BCUT2D eigenvalue weighted by Crippen LogP contribution is 2.28. The van der Waals surface area contributed by atoms with Crippen LogP contribution in [-0.2, 0) is 0 Å². The van der Waals surface area contributed by atoms with Gasteiger partial charge in [0.1, 0.15) is 11.9 Å². The summed E-state index contributed by atoms with van der Waals surface area (Å²) in [6.07, 6.45) is 0. The van der Waals surface area contributed by atoms with Gasteiger partial charge in [0.25, 0.3) is 0 Å². The lowest BCUT2D eigenvalue weighted by atomic mass is 10.1. The van der Waals surface area contributed by atoms with E-state index in [2.05, 4.69) is 4.98 Å². The molecule has 3 rings (SSSR count). The highest BCUT2D eigenvalue weighted by Gasteiger charge is 2.10. The van der Waals surface area contributed by atoms with Crippen molar-refractivity contribution in [3.8, 4) is 17.3 Å². The molecule has 0 aliphatic heterocycles. The van der Waals surface area contributed by atoms with Gasteiger partial charge in [0, 0.05) is 10.9 Å². The first-order valence-corrected chi connectivity index (χ1v) is 6.04. The molecule has 1 heterocycles. The van der Waals surface area contributed by atoms with E-state index in [0.29, 0.717) is 22.3 Å². The minimum Gasteiger partial charge on any atom is -0.397 e. The Labute approximate surface area is 115 Å². The summed E-state index contributed by atoms with van der Waals surface area (Å²) in [4.78, 5) is 4.45. The molecular formula is C16H10FN3. The van der Waals surface area contributed by atoms with Crippen LogP contribution in [0.1, 0.15) is 5.56 Å². The predicted octanol–water partition coefficient (Wildman–Crippen LogP) is 3.49. The lowest BCUT2D eigenvalue weighted by Gasteiger charge is -2.08. The number of halogens is 1. The number of hydrogen-bond acceptors (Lipinski definition) is 3. The highest BCUT2D eigenvalue weighted by atomic mass is 19.1. The van der Waals surface area contributed by atoms with Crippen molar-refractivity contribution in [2.24, 2.45) is 0 Å². The minimum absolute atomic E-state index is 0.0196. The second-order valence-corrected chi connectivity index (χ2v) is 4.43. The molecule has 0 saturated heterocycles. The molecule has 2 aromatic carbocycles. The molecule has 0 radical (unpaired) electrons. The van der Waals surface area contributed by atoms with Crippen LogP contribution in [0.3, 0.4) is 0 Å². The summed E-state index contributed by atoms with van der Waals surface area (Å²) in [7, 11) is 0. The molecule has 1 aromatic heterocycles. The van der Waals surface area contributed by atoms with Gasteiger partial charge in [-0.3, -0.25) is 0 Å². The molecule has 0 fully saturated rings. The van der Waals surface area contributed by atoms with Crippen molar-refractivity contribution >= 4 is 16.6 Å². The Kier molecular flexibility index (Phi) is 2.81. The van der Waals surface area contributed by atoms with Gasteiger partial charge in [0.05, 0.1) is 22.5 Å². The quantitative estimate of drug-likeness (QED) is 0.731. The number of benzene rings is 2. The summed E-state index contributed by atoms with van der Waals surface area (Å²) >= 11 is 0. The summed E-state index contributed by atoms with van der Waals surface area (Å²) in [6.45, 7) is 0. The number of hydrogen-bond donors (Lipinski definition) is 1. The SMILES string of the molecule is N#Cc1cc2nc(-c3ccccc3)c(N)cc2cc1F. The molecule has 0 saturated carbocycles. The van der Waals surface area contributed by atoms with Crippen LogP contribution in [0, 0.1) is 17.1 Å². The van der Waals surface area contributed by atoms with E-state index in [9.17, 15) is 4.39 Å². The van der Waals surface area contributed by atoms with E-state index in [1.54, 1.807) is 6.07 Å². The molecule has 4 heteroatoms. The Morgan fingerprint density at radius 1 is 1.10 bits per heavy atom. The lowest BCUT2D eigenvalue weighted by Crippen LogP contribution is -1.96. The van der Waals surface area contributed by atoms with Crippen molar-refractivity contribution in [3.05, 3.63) is 59.9 Å². The Hall–Kier alpha value is -2.93. The first kappa shape index (κ1) is 12.1. The summed E-state index contributed by atoms with van der Waals surface area (Å²) in [5, 5.41) is 9.46. The molecule has 0 unspecified atom stereocenters. The van der Waals surface area contributed by atoms with Gasteiger partial charge in [-0.05, 0) is 18.2 Å². The third-order valence-corrected chi connectivity index (χ3v) is 3.10. The van der Waals surface area contributed by atoms with Crippen molar-refractivity contribution in [2.75, 3.05) is 5.73 Å². The summed E-state index contributed by atoms with van der Waals surface area (Å²) < 4.78 is 13.6. The average Bonchev–Trinajstić information content (AvgIpc) is 2.47. The van der Waals surface area contributed by atoms with Crippen molar-refractivity contribution in [1.29, 1.82) is 5.26 Å². The van der Waals surface area contributed by atoms with Crippen LogP contribution in [0.15, 0.2) is 48.5 Å². The van der Waals surface area contributed by atoms with Crippen molar-refractivity contribution < 1.29 is 4.39 Å². The Morgan fingerprint density at radius 2 is 1.85 bits per heavy atom. The maximum atomic E-state index is 13.6. The topological polar surface area (TPSA) is 62.7 Å².